The Morgan fingerprint density at radius 3 is 2.46 bits per heavy atom. The van der Waals surface area contributed by atoms with Gasteiger partial charge in [0.15, 0.2) is 9.84 Å². The van der Waals surface area contributed by atoms with Gasteiger partial charge < -0.3 is 4.42 Å². The van der Waals surface area contributed by atoms with Gasteiger partial charge in [0.05, 0.1) is 23.5 Å². The summed E-state index contributed by atoms with van der Waals surface area (Å²) in [6.07, 6.45) is 6.34. The maximum Gasteiger partial charge on any atom is 0.179 e. The van der Waals surface area contributed by atoms with Crippen LogP contribution >= 0.6 is 11.6 Å². The minimum absolute atomic E-state index is 0.103. The molecule has 6 heteroatoms. The molecule has 0 atom stereocenters. The van der Waals surface area contributed by atoms with Gasteiger partial charge in [-0.2, -0.15) is 0 Å². The highest BCUT2D eigenvalue weighted by atomic mass is 35.5. The first kappa shape index (κ1) is 17.5. The van der Waals surface area contributed by atoms with Gasteiger partial charge in [-0.15, -0.1) is 0 Å². The van der Waals surface area contributed by atoms with Crippen molar-refractivity contribution < 1.29 is 12.8 Å². The average molecular weight is 368 g/mol. The zero-order chi connectivity index (χ0) is 17.0. The minimum atomic E-state index is -3.31. The molecule has 4 nitrogen and oxygen atoms in total. The zero-order valence-corrected chi connectivity index (χ0v) is 15.1. The van der Waals surface area contributed by atoms with Gasteiger partial charge >= 0.3 is 0 Å². The number of halogens is 1. The number of hydrogen-bond acceptors (Lipinski definition) is 4. The summed E-state index contributed by atoms with van der Waals surface area (Å²) in [6.45, 7) is 1.17. The van der Waals surface area contributed by atoms with Gasteiger partial charge in [0.1, 0.15) is 5.76 Å². The maximum atomic E-state index is 12.6. The lowest BCUT2D eigenvalue weighted by atomic mass is 10.2. The number of benzene rings is 1. The third kappa shape index (κ3) is 4.41. The van der Waals surface area contributed by atoms with E-state index in [4.69, 9.17) is 16.0 Å². The summed E-state index contributed by atoms with van der Waals surface area (Å²) in [5.41, 5.74) is 0. The molecule has 0 unspecified atom stereocenters. The van der Waals surface area contributed by atoms with Crippen molar-refractivity contribution in [2.45, 2.75) is 43.2 Å². The van der Waals surface area contributed by atoms with Crippen molar-refractivity contribution in [2.75, 3.05) is 12.3 Å². The van der Waals surface area contributed by atoms with Gasteiger partial charge in [0, 0.05) is 17.6 Å². The lowest BCUT2D eigenvalue weighted by Gasteiger charge is -2.27. The molecule has 0 bridgehead atoms. The van der Waals surface area contributed by atoms with E-state index in [-0.39, 0.29) is 5.75 Å². The van der Waals surface area contributed by atoms with Crippen LogP contribution in [0.15, 0.2) is 52.0 Å². The topological polar surface area (TPSA) is 50.5 Å². The van der Waals surface area contributed by atoms with Crippen LogP contribution in [-0.2, 0) is 16.4 Å². The van der Waals surface area contributed by atoms with Crippen molar-refractivity contribution in [3.63, 3.8) is 0 Å². The molecule has 1 fully saturated rings. The first-order chi connectivity index (χ1) is 11.5. The van der Waals surface area contributed by atoms with E-state index < -0.39 is 9.84 Å². The van der Waals surface area contributed by atoms with Crippen molar-refractivity contribution in [1.29, 1.82) is 0 Å². The smallest absolute Gasteiger partial charge is 0.179 e. The quantitative estimate of drug-likeness (QED) is 0.737. The molecular formula is C18H22ClNO3S. The third-order valence-corrected chi connectivity index (χ3v) is 6.56. The van der Waals surface area contributed by atoms with Crippen LogP contribution in [0.3, 0.4) is 0 Å². The minimum Gasteiger partial charge on any atom is -0.468 e. The van der Waals surface area contributed by atoms with E-state index >= 15 is 0 Å². The Labute approximate surface area is 148 Å². The highest BCUT2D eigenvalue weighted by Crippen LogP contribution is 2.25. The molecular weight excluding hydrogens is 346 g/mol. The fourth-order valence-corrected chi connectivity index (χ4v) is 4.65. The van der Waals surface area contributed by atoms with Gasteiger partial charge in [-0.05, 0) is 49.2 Å². The van der Waals surface area contributed by atoms with Crippen LogP contribution in [0, 0.1) is 0 Å². The molecule has 1 saturated carbocycles. The van der Waals surface area contributed by atoms with Crippen molar-refractivity contribution in [1.82, 2.24) is 4.90 Å². The summed E-state index contributed by atoms with van der Waals surface area (Å²) < 4.78 is 30.6. The van der Waals surface area contributed by atoms with Gasteiger partial charge in [-0.25, -0.2) is 8.42 Å². The highest BCUT2D eigenvalue weighted by Gasteiger charge is 2.25. The molecule has 1 aromatic heterocycles. The Bertz CT molecular complexity index is 735. The van der Waals surface area contributed by atoms with Crippen LogP contribution in [0.25, 0.3) is 0 Å². The fraction of sp³-hybridized carbons (Fsp3) is 0.444. The molecule has 1 heterocycles. The molecule has 0 aliphatic heterocycles. The van der Waals surface area contributed by atoms with Gasteiger partial charge in [0.2, 0.25) is 0 Å². The van der Waals surface area contributed by atoms with Crippen molar-refractivity contribution >= 4 is 21.4 Å². The Morgan fingerprint density at radius 1 is 1.12 bits per heavy atom. The second-order valence-corrected chi connectivity index (χ2v) is 8.81. The summed E-state index contributed by atoms with van der Waals surface area (Å²) >= 11 is 5.84. The van der Waals surface area contributed by atoms with E-state index in [0.29, 0.717) is 29.0 Å². The lowest BCUT2D eigenvalue weighted by Crippen LogP contribution is -2.36. The Kier molecular flexibility index (Phi) is 5.64. The van der Waals surface area contributed by atoms with Crippen LogP contribution in [0.2, 0.25) is 5.02 Å². The Hall–Kier alpha value is -1.30. The molecule has 0 amide bonds. The second kappa shape index (κ2) is 7.72. The van der Waals surface area contributed by atoms with Crippen LogP contribution < -0.4 is 0 Å². The standard InChI is InChI=1S/C18H22ClNO3S/c19-15-7-9-18(10-8-15)24(21,22)13-11-20(16-4-1-2-5-16)14-17-6-3-12-23-17/h3,6-10,12,16H,1-2,4-5,11,13-14H2. The molecule has 0 radical (unpaired) electrons. The molecule has 0 spiro atoms. The van der Waals surface area contributed by atoms with E-state index in [1.54, 1.807) is 30.5 Å². The first-order valence-electron chi connectivity index (χ1n) is 8.29. The number of nitrogens with zero attached hydrogens (tertiary/aromatic N) is 1. The normalized spacial score (nSPS) is 16.1. The number of furan rings is 1. The van der Waals surface area contributed by atoms with E-state index in [0.717, 1.165) is 18.6 Å². The molecule has 0 saturated heterocycles. The monoisotopic (exact) mass is 367 g/mol. The summed E-state index contributed by atoms with van der Waals surface area (Å²) in [6, 6.07) is 10.6. The average Bonchev–Trinajstić information content (AvgIpc) is 3.25. The summed E-state index contributed by atoms with van der Waals surface area (Å²) in [4.78, 5) is 2.58. The second-order valence-electron chi connectivity index (χ2n) is 6.26. The zero-order valence-electron chi connectivity index (χ0n) is 13.5. The SMILES string of the molecule is O=S(=O)(CCN(Cc1ccco1)C1CCCC1)c1ccc(Cl)cc1. The van der Waals surface area contributed by atoms with E-state index in [1.165, 1.54) is 12.8 Å². The van der Waals surface area contributed by atoms with Gasteiger partial charge in [-0.1, -0.05) is 24.4 Å². The third-order valence-electron chi connectivity index (χ3n) is 4.60. The lowest BCUT2D eigenvalue weighted by molar-refractivity contribution is 0.186. The van der Waals surface area contributed by atoms with Crippen molar-refractivity contribution in [3.8, 4) is 0 Å². The van der Waals surface area contributed by atoms with Crippen molar-refractivity contribution in [3.05, 3.63) is 53.4 Å². The van der Waals surface area contributed by atoms with Crippen LogP contribution in [0.4, 0.5) is 0 Å². The van der Waals surface area contributed by atoms with E-state index in [9.17, 15) is 8.42 Å². The predicted molar refractivity (Wildman–Crippen MR) is 94.9 cm³/mol. The molecule has 0 N–H and O–H groups in total. The molecule has 24 heavy (non-hydrogen) atoms. The number of hydrogen-bond donors (Lipinski definition) is 0. The molecule has 1 aliphatic carbocycles. The van der Waals surface area contributed by atoms with Crippen LogP contribution in [-0.4, -0.2) is 31.7 Å². The van der Waals surface area contributed by atoms with Gasteiger partial charge in [0.25, 0.3) is 0 Å². The largest absolute Gasteiger partial charge is 0.468 e. The van der Waals surface area contributed by atoms with Crippen LogP contribution in [0.5, 0.6) is 0 Å². The summed E-state index contributed by atoms with van der Waals surface area (Å²) in [5, 5.41) is 0.541. The molecule has 3 rings (SSSR count). The van der Waals surface area contributed by atoms with Crippen molar-refractivity contribution in [2.24, 2.45) is 0 Å². The fourth-order valence-electron chi connectivity index (χ4n) is 3.26. The Morgan fingerprint density at radius 2 is 1.83 bits per heavy atom. The van der Waals surface area contributed by atoms with Gasteiger partial charge in [-0.3, -0.25) is 4.90 Å². The maximum absolute atomic E-state index is 12.6. The molecule has 2 aromatic rings. The molecule has 130 valence electrons. The highest BCUT2D eigenvalue weighted by molar-refractivity contribution is 7.91. The first-order valence-corrected chi connectivity index (χ1v) is 10.3. The van der Waals surface area contributed by atoms with Crippen LogP contribution in [0.1, 0.15) is 31.4 Å². The predicted octanol–water partition coefficient (Wildman–Crippen LogP) is 4.15. The summed E-state index contributed by atoms with van der Waals surface area (Å²) in [5.74, 6) is 0.983. The summed E-state index contributed by atoms with van der Waals surface area (Å²) in [7, 11) is -3.31. The van der Waals surface area contributed by atoms with E-state index in [1.807, 2.05) is 12.1 Å². The van der Waals surface area contributed by atoms with E-state index in [2.05, 4.69) is 4.90 Å². The number of sulfone groups is 1. The molecule has 1 aliphatic rings. The number of rotatable bonds is 7. The Balaban J connectivity index is 1.68. The molecule has 1 aromatic carbocycles.